The third-order valence-electron chi connectivity index (χ3n) is 5.77. The maximum atomic E-state index is 13.0. The molecule has 2 fully saturated rings. The minimum Gasteiger partial charge on any atom is -0.381 e. The Morgan fingerprint density at radius 1 is 1.28 bits per heavy atom. The van der Waals surface area contributed by atoms with E-state index in [9.17, 15) is 9.18 Å². The monoisotopic (exact) mass is 348 g/mol. The number of benzene rings is 1. The Morgan fingerprint density at radius 3 is 2.84 bits per heavy atom. The number of hydrogen-bond donors (Lipinski definition) is 1. The predicted molar refractivity (Wildman–Crippen MR) is 93.9 cm³/mol. The Balaban J connectivity index is 1.60. The van der Waals surface area contributed by atoms with Crippen molar-refractivity contribution in [3.05, 3.63) is 23.8 Å². The molecular weight excluding hydrogens is 323 g/mol. The van der Waals surface area contributed by atoms with Gasteiger partial charge >= 0.3 is 0 Å². The summed E-state index contributed by atoms with van der Waals surface area (Å²) in [5, 5.41) is 3.04. The van der Waals surface area contributed by atoms with E-state index in [2.05, 4.69) is 16.3 Å². The first-order valence-corrected chi connectivity index (χ1v) is 9.14. The fourth-order valence-corrected chi connectivity index (χ4v) is 4.33. The van der Waals surface area contributed by atoms with E-state index < -0.39 is 0 Å². The molecule has 6 heteroatoms. The zero-order chi connectivity index (χ0) is 17.3. The zero-order valence-corrected chi connectivity index (χ0v) is 14.4. The van der Waals surface area contributed by atoms with Crippen LogP contribution in [0.25, 0.3) is 0 Å². The number of alkyl halides is 1. The van der Waals surface area contributed by atoms with Crippen LogP contribution in [0.5, 0.6) is 0 Å². The van der Waals surface area contributed by atoms with Crippen molar-refractivity contribution >= 4 is 17.3 Å². The molecule has 4 rings (SSSR count). The minimum absolute atomic E-state index is 0.0138. The number of amides is 1. The van der Waals surface area contributed by atoms with Crippen LogP contribution in [-0.2, 0) is 19.7 Å². The average molecular weight is 348 g/mol. The fourth-order valence-electron chi connectivity index (χ4n) is 4.33. The molecule has 136 valence electrons. The lowest BCUT2D eigenvalue weighted by Crippen LogP contribution is -2.39. The molecule has 3 aliphatic heterocycles. The number of ether oxygens (including phenoxy) is 2. The van der Waals surface area contributed by atoms with E-state index in [1.807, 2.05) is 12.1 Å². The number of nitrogens with one attached hydrogen (secondary N) is 1. The molecule has 1 spiro atoms. The lowest BCUT2D eigenvalue weighted by atomic mass is 9.76. The molecule has 25 heavy (non-hydrogen) atoms. The van der Waals surface area contributed by atoms with E-state index in [0.717, 1.165) is 50.4 Å². The minimum atomic E-state index is -0.355. The van der Waals surface area contributed by atoms with Crippen molar-refractivity contribution in [1.82, 2.24) is 0 Å². The van der Waals surface area contributed by atoms with E-state index in [1.54, 1.807) is 0 Å². The summed E-state index contributed by atoms with van der Waals surface area (Å²) in [5.41, 5.74) is 3.16. The Morgan fingerprint density at radius 2 is 2.12 bits per heavy atom. The van der Waals surface area contributed by atoms with Gasteiger partial charge in [0, 0.05) is 49.7 Å². The predicted octanol–water partition coefficient (Wildman–Crippen LogP) is 2.50. The van der Waals surface area contributed by atoms with E-state index >= 15 is 0 Å². The average Bonchev–Trinajstić information content (AvgIpc) is 3.25. The van der Waals surface area contributed by atoms with Crippen LogP contribution in [0.3, 0.4) is 0 Å². The van der Waals surface area contributed by atoms with E-state index in [-0.39, 0.29) is 23.9 Å². The second kappa shape index (κ2) is 6.92. The number of carbonyl (C=O) groups is 1. The Hall–Kier alpha value is -1.66. The van der Waals surface area contributed by atoms with E-state index in [4.69, 9.17) is 9.47 Å². The molecule has 0 aromatic heterocycles. The third-order valence-corrected chi connectivity index (χ3v) is 5.77. The smallest absolute Gasteiger partial charge is 0.229 e. The van der Waals surface area contributed by atoms with Crippen LogP contribution in [0, 0.1) is 5.92 Å². The fraction of sp³-hybridized carbons (Fsp3) is 0.632. The van der Waals surface area contributed by atoms with Crippen LogP contribution in [0.15, 0.2) is 18.2 Å². The molecule has 3 aliphatic rings. The molecule has 1 atom stereocenters. The summed E-state index contributed by atoms with van der Waals surface area (Å²) in [7, 11) is 0. The molecule has 2 saturated heterocycles. The van der Waals surface area contributed by atoms with Crippen LogP contribution in [0.1, 0.15) is 24.8 Å². The molecule has 0 unspecified atom stereocenters. The van der Waals surface area contributed by atoms with Gasteiger partial charge in [0.1, 0.15) is 6.67 Å². The Labute approximate surface area is 147 Å². The second-order valence-electron chi connectivity index (χ2n) is 7.28. The van der Waals surface area contributed by atoms with Crippen LogP contribution in [0.4, 0.5) is 15.8 Å². The van der Waals surface area contributed by atoms with Gasteiger partial charge in [0.25, 0.3) is 0 Å². The largest absolute Gasteiger partial charge is 0.381 e. The normalized spacial score (nSPS) is 24.5. The van der Waals surface area contributed by atoms with Gasteiger partial charge in [0.2, 0.25) is 5.91 Å². The summed E-state index contributed by atoms with van der Waals surface area (Å²) in [6.07, 6.45) is 2.66. The maximum absolute atomic E-state index is 13.0. The van der Waals surface area contributed by atoms with Gasteiger partial charge in [-0.25, -0.2) is 4.39 Å². The van der Waals surface area contributed by atoms with Crippen molar-refractivity contribution in [3.8, 4) is 0 Å². The van der Waals surface area contributed by atoms with Crippen LogP contribution < -0.4 is 10.2 Å². The topological polar surface area (TPSA) is 50.8 Å². The molecule has 1 N–H and O–H groups in total. The highest BCUT2D eigenvalue weighted by molar-refractivity contribution is 5.93. The van der Waals surface area contributed by atoms with Gasteiger partial charge < -0.3 is 19.7 Å². The molecule has 0 saturated carbocycles. The number of rotatable bonds is 4. The lowest BCUT2D eigenvalue weighted by molar-refractivity contribution is -0.119. The van der Waals surface area contributed by atoms with Gasteiger partial charge in [-0.2, -0.15) is 0 Å². The standard InChI is InChI=1S/C19H25FN2O3/c20-6-7-22-13-19(4-9-24-10-5-19)16-11-15(1-2-17(16)22)21-18(23)14-3-8-25-12-14/h1-2,11,14H,3-10,12-13H2,(H,21,23)/t14-/m0/s1. The van der Waals surface area contributed by atoms with Gasteiger partial charge in [0.05, 0.1) is 12.5 Å². The first-order valence-electron chi connectivity index (χ1n) is 9.14. The zero-order valence-electron chi connectivity index (χ0n) is 14.4. The SMILES string of the molecule is O=C(Nc1ccc2c(c1)C1(CCOCC1)CN2CCF)[C@H]1CCOC1. The third kappa shape index (κ3) is 3.13. The van der Waals surface area contributed by atoms with Crippen LogP contribution in [0.2, 0.25) is 0 Å². The Bertz CT molecular complexity index is 640. The van der Waals surface area contributed by atoms with Crippen molar-refractivity contribution in [2.45, 2.75) is 24.7 Å². The molecular formula is C19H25FN2O3. The Kier molecular flexibility index (Phi) is 4.65. The number of anilines is 2. The quantitative estimate of drug-likeness (QED) is 0.908. The highest BCUT2D eigenvalue weighted by atomic mass is 19.1. The van der Waals surface area contributed by atoms with Gasteiger partial charge in [-0.05, 0) is 43.0 Å². The second-order valence-corrected chi connectivity index (χ2v) is 7.28. The molecule has 0 aliphatic carbocycles. The number of fused-ring (bicyclic) bond motifs is 2. The highest BCUT2D eigenvalue weighted by Gasteiger charge is 2.43. The number of nitrogens with zero attached hydrogens (tertiary/aromatic N) is 1. The number of hydrogen-bond acceptors (Lipinski definition) is 4. The van der Waals surface area contributed by atoms with Crippen LogP contribution in [-0.4, -0.2) is 52.1 Å². The molecule has 1 aromatic rings. The van der Waals surface area contributed by atoms with Crippen molar-refractivity contribution in [2.24, 2.45) is 5.92 Å². The number of halogens is 1. The summed E-state index contributed by atoms with van der Waals surface area (Å²) in [6.45, 7) is 3.53. The molecule has 5 nitrogen and oxygen atoms in total. The number of carbonyl (C=O) groups excluding carboxylic acids is 1. The lowest BCUT2D eigenvalue weighted by Gasteiger charge is -2.34. The van der Waals surface area contributed by atoms with E-state index in [1.165, 1.54) is 5.56 Å². The molecule has 1 amide bonds. The van der Waals surface area contributed by atoms with Crippen molar-refractivity contribution in [3.63, 3.8) is 0 Å². The highest BCUT2D eigenvalue weighted by Crippen LogP contribution is 2.47. The summed E-state index contributed by atoms with van der Waals surface area (Å²) in [4.78, 5) is 14.5. The summed E-state index contributed by atoms with van der Waals surface area (Å²) in [5.74, 6) is -0.0366. The van der Waals surface area contributed by atoms with Crippen LogP contribution >= 0.6 is 0 Å². The van der Waals surface area contributed by atoms with Gasteiger partial charge in [-0.1, -0.05) is 0 Å². The first kappa shape index (κ1) is 16.8. The summed E-state index contributed by atoms with van der Waals surface area (Å²) >= 11 is 0. The van der Waals surface area contributed by atoms with Gasteiger partial charge in [0.15, 0.2) is 0 Å². The maximum Gasteiger partial charge on any atom is 0.229 e. The van der Waals surface area contributed by atoms with Crippen molar-refractivity contribution in [1.29, 1.82) is 0 Å². The van der Waals surface area contributed by atoms with Gasteiger partial charge in [-0.15, -0.1) is 0 Å². The van der Waals surface area contributed by atoms with Gasteiger partial charge in [-0.3, -0.25) is 4.79 Å². The van der Waals surface area contributed by atoms with E-state index in [0.29, 0.717) is 19.8 Å². The summed E-state index contributed by atoms with van der Waals surface area (Å²) < 4.78 is 23.8. The molecule has 0 radical (unpaired) electrons. The molecule has 1 aromatic carbocycles. The first-order chi connectivity index (χ1) is 12.2. The molecule has 0 bridgehead atoms. The molecule has 3 heterocycles. The van der Waals surface area contributed by atoms with Crippen molar-refractivity contribution < 1.29 is 18.7 Å². The summed E-state index contributed by atoms with van der Waals surface area (Å²) in [6, 6.07) is 6.04. The van der Waals surface area contributed by atoms with Crippen molar-refractivity contribution in [2.75, 3.05) is 56.4 Å².